The fourth-order valence-electron chi connectivity index (χ4n) is 1.77. The third-order valence-electron chi connectivity index (χ3n) is 2.66. The minimum Gasteiger partial charge on any atom is -0.404 e. The number of rotatable bonds is 4. The van der Waals surface area contributed by atoms with E-state index < -0.39 is 18.0 Å². The first-order chi connectivity index (χ1) is 10.3. The van der Waals surface area contributed by atoms with E-state index in [-0.39, 0.29) is 12.1 Å². The fourth-order valence-corrected chi connectivity index (χ4v) is 1.89. The van der Waals surface area contributed by atoms with Crippen molar-refractivity contribution in [2.24, 2.45) is 0 Å². The predicted octanol–water partition coefficient (Wildman–Crippen LogP) is 4.42. The molecule has 0 atom stereocenters. The van der Waals surface area contributed by atoms with E-state index in [1.165, 1.54) is 18.2 Å². The van der Waals surface area contributed by atoms with Gasteiger partial charge in [0.15, 0.2) is 5.75 Å². The Hall–Kier alpha value is -2.21. The summed E-state index contributed by atoms with van der Waals surface area (Å²) in [4.78, 5) is 11.9. The number of carbonyl (C=O) groups is 1. The Morgan fingerprint density at radius 2 is 1.73 bits per heavy atom. The molecule has 22 heavy (non-hydrogen) atoms. The van der Waals surface area contributed by atoms with Crippen molar-refractivity contribution in [2.75, 3.05) is 5.32 Å². The monoisotopic (exact) mass is 329 g/mol. The summed E-state index contributed by atoms with van der Waals surface area (Å²) in [6.45, 7) is 0. The molecule has 0 fully saturated rings. The molecule has 3 nitrogen and oxygen atoms in total. The first-order valence-corrected chi connectivity index (χ1v) is 6.60. The summed E-state index contributed by atoms with van der Waals surface area (Å²) in [6.07, 6.45) is -4.81. The van der Waals surface area contributed by atoms with Gasteiger partial charge in [-0.25, -0.2) is 0 Å². The van der Waals surface area contributed by atoms with Crippen LogP contribution in [-0.2, 0) is 11.2 Å². The van der Waals surface area contributed by atoms with Crippen LogP contribution in [0.1, 0.15) is 5.56 Å². The van der Waals surface area contributed by atoms with E-state index >= 15 is 0 Å². The molecular formula is C15H11ClF3NO2. The topological polar surface area (TPSA) is 38.3 Å². The van der Waals surface area contributed by atoms with E-state index in [0.29, 0.717) is 10.6 Å². The molecule has 2 aromatic rings. The van der Waals surface area contributed by atoms with Crippen molar-refractivity contribution in [3.05, 3.63) is 59.1 Å². The molecule has 0 saturated heterocycles. The highest BCUT2D eigenvalue weighted by Gasteiger charge is 2.32. The van der Waals surface area contributed by atoms with Crippen molar-refractivity contribution in [2.45, 2.75) is 12.8 Å². The Morgan fingerprint density at radius 3 is 2.36 bits per heavy atom. The third kappa shape index (κ3) is 4.96. The summed E-state index contributed by atoms with van der Waals surface area (Å²) in [5.74, 6) is -0.917. The molecule has 2 aromatic carbocycles. The fraction of sp³-hybridized carbons (Fsp3) is 0.133. The zero-order chi connectivity index (χ0) is 16.2. The van der Waals surface area contributed by atoms with Crippen LogP contribution in [0.3, 0.4) is 0 Å². The molecule has 0 heterocycles. The number of alkyl halides is 3. The summed E-state index contributed by atoms with van der Waals surface area (Å²) in [5, 5.41) is 2.93. The van der Waals surface area contributed by atoms with Crippen molar-refractivity contribution >= 4 is 23.2 Å². The maximum absolute atomic E-state index is 12.3. The Balaban J connectivity index is 2.07. The molecule has 0 unspecified atom stereocenters. The minimum absolute atomic E-state index is 0.0114. The molecule has 0 aliphatic carbocycles. The molecule has 0 bridgehead atoms. The van der Waals surface area contributed by atoms with Gasteiger partial charge in [-0.1, -0.05) is 35.9 Å². The van der Waals surface area contributed by atoms with Gasteiger partial charge in [0.1, 0.15) is 0 Å². The number of nitrogens with one attached hydrogen (secondary N) is 1. The third-order valence-corrected chi connectivity index (χ3v) is 2.92. The Morgan fingerprint density at radius 1 is 1.09 bits per heavy atom. The SMILES string of the molecule is O=C(Cc1ccc(Cl)cc1)Nc1ccccc1OC(F)(F)F. The number of hydrogen-bond acceptors (Lipinski definition) is 2. The van der Waals surface area contributed by atoms with Gasteiger partial charge in [0, 0.05) is 5.02 Å². The molecule has 1 N–H and O–H groups in total. The maximum Gasteiger partial charge on any atom is 0.573 e. The summed E-state index contributed by atoms with van der Waals surface area (Å²) in [5.41, 5.74) is 0.648. The first kappa shape index (κ1) is 16.2. The molecule has 0 aromatic heterocycles. The molecule has 2 rings (SSSR count). The van der Waals surface area contributed by atoms with Gasteiger partial charge in [0.2, 0.25) is 5.91 Å². The molecule has 1 amide bonds. The number of amides is 1. The van der Waals surface area contributed by atoms with Crippen molar-refractivity contribution in [3.63, 3.8) is 0 Å². The largest absolute Gasteiger partial charge is 0.573 e. The Bertz CT molecular complexity index is 657. The normalized spacial score (nSPS) is 11.1. The van der Waals surface area contributed by atoms with Crippen LogP contribution in [-0.4, -0.2) is 12.3 Å². The Kier molecular flexibility index (Phi) is 4.92. The van der Waals surface area contributed by atoms with Crippen molar-refractivity contribution in [1.82, 2.24) is 0 Å². The van der Waals surface area contributed by atoms with Crippen LogP contribution < -0.4 is 10.1 Å². The zero-order valence-electron chi connectivity index (χ0n) is 11.2. The van der Waals surface area contributed by atoms with Gasteiger partial charge in [0.05, 0.1) is 12.1 Å². The number of ether oxygens (including phenoxy) is 1. The molecule has 0 spiro atoms. The van der Waals surface area contributed by atoms with Gasteiger partial charge >= 0.3 is 6.36 Å². The van der Waals surface area contributed by atoms with Crippen LogP contribution in [0, 0.1) is 0 Å². The average molecular weight is 330 g/mol. The lowest BCUT2D eigenvalue weighted by atomic mass is 10.1. The van der Waals surface area contributed by atoms with Gasteiger partial charge in [-0.05, 0) is 29.8 Å². The highest BCUT2D eigenvalue weighted by atomic mass is 35.5. The van der Waals surface area contributed by atoms with Gasteiger partial charge in [0.25, 0.3) is 0 Å². The van der Waals surface area contributed by atoms with Crippen molar-refractivity contribution in [3.8, 4) is 5.75 Å². The quantitative estimate of drug-likeness (QED) is 0.901. The standard InChI is InChI=1S/C15H11ClF3NO2/c16-11-7-5-10(6-8-11)9-14(21)20-12-3-1-2-4-13(12)22-15(17,18)19/h1-8H,9H2,(H,20,21). The van der Waals surface area contributed by atoms with Crippen LogP contribution in [0.15, 0.2) is 48.5 Å². The Labute approximate surface area is 129 Å². The van der Waals surface area contributed by atoms with E-state index in [1.807, 2.05) is 0 Å². The second kappa shape index (κ2) is 6.70. The second-order valence-corrected chi connectivity index (χ2v) is 4.83. The van der Waals surface area contributed by atoms with E-state index in [4.69, 9.17) is 11.6 Å². The lowest BCUT2D eigenvalue weighted by molar-refractivity contribution is -0.274. The second-order valence-electron chi connectivity index (χ2n) is 4.40. The van der Waals surface area contributed by atoms with Crippen LogP contribution in [0.5, 0.6) is 5.75 Å². The molecule has 116 valence electrons. The van der Waals surface area contributed by atoms with Gasteiger partial charge in [-0.15, -0.1) is 13.2 Å². The maximum atomic E-state index is 12.3. The number of carbonyl (C=O) groups excluding carboxylic acids is 1. The smallest absolute Gasteiger partial charge is 0.404 e. The highest BCUT2D eigenvalue weighted by Crippen LogP contribution is 2.29. The van der Waals surface area contributed by atoms with Crippen molar-refractivity contribution < 1.29 is 22.7 Å². The van der Waals surface area contributed by atoms with Gasteiger partial charge in [-0.2, -0.15) is 0 Å². The van der Waals surface area contributed by atoms with E-state index in [9.17, 15) is 18.0 Å². The van der Waals surface area contributed by atoms with E-state index in [1.54, 1.807) is 24.3 Å². The molecule has 0 aliphatic rings. The number of para-hydroxylation sites is 2. The minimum atomic E-state index is -4.82. The van der Waals surface area contributed by atoms with Crippen molar-refractivity contribution in [1.29, 1.82) is 0 Å². The number of benzene rings is 2. The zero-order valence-corrected chi connectivity index (χ0v) is 11.9. The first-order valence-electron chi connectivity index (χ1n) is 6.22. The summed E-state index contributed by atoms with van der Waals surface area (Å²) >= 11 is 5.74. The van der Waals surface area contributed by atoms with E-state index in [0.717, 1.165) is 6.07 Å². The van der Waals surface area contributed by atoms with Gasteiger partial charge < -0.3 is 10.1 Å². The summed E-state index contributed by atoms with van der Waals surface area (Å²) in [7, 11) is 0. The molecular weight excluding hydrogens is 319 g/mol. The number of halogens is 4. The molecule has 0 aliphatic heterocycles. The van der Waals surface area contributed by atoms with Crippen LogP contribution in [0.25, 0.3) is 0 Å². The lowest BCUT2D eigenvalue weighted by Gasteiger charge is -2.13. The highest BCUT2D eigenvalue weighted by molar-refractivity contribution is 6.30. The summed E-state index contributed by atoms with van der Waals surface area (Å²) < 4.78 is 40.8. The lowest BCUT2D eigenvalue weighted by Crippen LogP contribution is -2.20. The van der Waals surface area contributed by atoms with Crippen LogP contribution >= 0.6 is 11.6 Å². The average Bonchev–Trinajstić information content (AvgIpc) is 2.42. The molecule has 0 saturated carbocycles. The van der Waals surface area contributed by atoms with Crippen LogP contribution in [0.4, 0.5) is 18.9 Å². The molecule has 0 radical (unpaired) electrons. The van der Waals surface area contributed by atoms with Gasteiger partial charge in [-0.3, -0.25) is 4.79 Å². The molecule has 7 heteroatoms. The number of hydrogen-bond donors (Lipinski definition) is 1. The van der Waals surface area contributed by atoms with E-state index in [2.05, 4.69) is 10.1 Å². The predicted molar refractivity (Wildman–Crippen MR) is 76.9 cm³/mol. The summed E-state index contributed by atoms with van der Waals surface area (Å²) in [6, 6.07) is 11.9. The van der Waals surface area contributed by atoms with Crippen LogP contribution in [0.2, 0.25) is 5.02 Å². The number of anilines is 1.